The van der Waals surface area contributed by atoms with Gasteiger partial charge in [-0.05, 0) is 55.5 Å². The zero-order valence-electron chi connectivity index (χ0n) is 12.8. The van der Waals surface area contributed by atoms with Gasteiger partial charge in [-0.3, -0.25) is 4.79 Å². The SMILES string of the molecule is CC(OC(=O)c1ccccc1F)C(=O)c1ccc2c(c1)CCC2. The van der Waals surface area contributed by atoms with Gasteiger partial charge < -0.3 is 4.74 Å². The molecular weight excluding hydrogens is 295 g/mol. The summed E-state index contributed by atoms with van der Waals surface area (Å²) >= 11 is 0. The Morgan fingerprint density at radius 3 is 2.61 bits per heavy atom. The number of ether oxygens (including phenoxy) is 1. The molecule has 1 unspecified atom stereocenters. The Labute approximate surface area is 134 Å². The summed E-state index contributed by atoms with van der Waals surface area (Å²) in [5.74, 6) is -1.76. The fraction of sp³-hybridized carbons (Fsp3) is 0.263. The van der Waals surface area contributed by atoms with Crippen molar-refractivity contribution in [2.75, 3.05) is 0 Å². The second kappa shape index (κ2) is 6.32. The standard InChI is InChI=1S/C19H17FO3/c1-12(23-19(22)16-7-2-3-8-17(16)20)18(21)15-10-9-13-5-4-6-14(13)11-15/h2-3,7-12H,4-6H2,1H3. The van der Waals surface area contributed by atoms with Gasteiger partial charge >= 0.3 is 5.97 Å². The van der Waals surface area contributed by atoms with Crippen molar-refractivity contribution in [2.24, 2.45) is 0 Å². The molecule has 2 aromatic carbocycles. The minimum atomic E-state index is -0.957. The zero-order chi connectivity index (χ0) is 16.4. The molecule has 0 amide bonds. The summed E-state index contributed by atoms with van der Waals surface area (Å²) < 4.78 is 18.7. The van der Waals surface area contributed by atoms with Gasteiger partial charge in [0.2, 0.25) is 5.78 Å². The van der Waals surface area contributed by atoms with Crippen LogP contribution in [0.2, 0.25) is 0 Å². The van der Waals surface area contributed by atoms with Crippen molar-refractivity contribution < 1.29 is 18.7 Å². The summed E-state index contributed by atoms with van der Waals surface area (Å²) in [6.07, 6.45) is 2.16. The molecule has 3 rings (SSSR count). The van der Waals surface area contributed by atoms with Crippen LogP contribution in [0.15, 0.2) is 42.5 Å². The van der Waals surface area contributed by atoms with Gasteiger partial charge in [-0.25, -0.2) is 9.18 Å². The van der Waals surface area contributed by atoms with Crippen molar-refractivity contribution in [2.45, 2.75) is 32.3 Å². The molecule has 0 bridgehead atoms. The van der Waals surface area contributed by atoms with Crippen molar-refractivity contribution in [3.8, 4) is 0 Å². The molecule has 0 aliphatic heterocycles. The highest BCUT2D eigenvalue weighted by Gasteiger charge is 2.23. The lowest BCUT2D eigenvalue weighted by Gasteiger charge is -2.13. The van der Waals surface area contributed by atoms with E-state index in [1.807, 2.05) is 12.1 Å². The number of fused-ring (bicyclic) bond motifs is 1. The van der Waals surface area contributed by atoms with Crippen LogP contribution >= 0.6 is 0 Å². The van der Waals surface area contributed by atoms with E-state index < -0.39 is 17.9 Å². The molecule has 0 aromatic heterocycles. The fourth-order valence-electron chi connectivity index (χ4n) is 2.86. The van der Waals surface area contributed by atoms with Crippen LogP contribution in [0.4, 0.5) is 4.39 Å². The lowest BCUT2D eigenvalue weighted by molar-refractivity contribution is 0.0314. The monoisotopic (exact) mass is 312 g/mol. The van der Waals surface area contributed by atoms with Crippen LogP contribution in [0, 0.1) is 5.82 Å². The van der Waals surface area contributed by atoms with Gasteiger partial charge in [-0.2, -0.15) is 0 Å². The normalized spacial score (nSPS) is 14.2. The summed E-state index contributed by atoms with van der Waals surface area (Å²) in [6, 6.07) is 11.2. The molecule has 0 saturated carbocycles. The molecule has 0 N–H and O–H groups in total. The lowest BCUT2D eigenvalue weighted by atomic mass is 10.0. The maximum Gasteiger partial charge on any atom is 0.341 e. The molecule has 4 heteroatoms. The number of rotatable bonds is 4. The average molecular weight is 312 g/mol. The van der Waals surface area contributed by atoms with Gasteiger partial charge in [-0.15, -0.1) is 0 Å². The Bertz CT molecular complexity index is 767. The Hall–Kier alpha value is -2.49. The highest BCUT2D eigenvalue weighted by molar-refractivity contribution is 6.01. The van der Waals surface area contributed by atoms with Gasteiger partial charge in [-0.1, -0.05) is 24.3 Å². The van der Waals surface area contributed by atoms with E-state index in [2.05, 4.69) is 0 Å². The fourth-order valence-corrected chi connectivity index (χ4v) is 2.86. The third-order valence-electron chi connectivity index (χ3n) is 4.13. The van der Waals surface area contributed by atoms with Gasteiger partial charge in [0.1, 0.15) is 5.82 Å². The molecule has 1 aliphatic carbocycles. The molecule has 118 valence electrons. The smallest absolute Gasteiger partial charge is 0.341 e. The molecule has 1 atom stereocenters. The first-order chi connectivity index (χ1) is 11.1. The van der Waals surface area contributed by atoms with Crippen molar-refractivity contribution in [3.63, 3.8) is 0 Å². The second-order valence-corrected chi connectivity index (χ2v) is 5.73. The highest BCUT2D eigenvalue weighted by atomic mass is 19.1. The van der Waals surface area contributed by atoms with E-state index in [-0.39, 0.29) is 11.3 Å². The van der Waals surface area contributed by atoms with E-state index >= 15 is 0 Å². The van der Waals surface area contributed by atoms with E-state index in [1.54, 1.807) is 12.1 Å². The van der Waals surface area contributed by atoms with Crippen LogP contribution in [-0.2, 0) is 17.6 Å². The number of carbonyl (C=O) groups excluding carboxylic acids is 2. The number of carbonyl (C=O) groups is 2. The maximum absolute atomic E-state index is 13.6. The van der Waals surface area contributed by atoms with E-state index in [0.717, 1.165) is 19.3 Å². The number of ketones is 1. The van der Waals surface area contributed by atoms with Crippen molar-refractivity contribution in [3.05, 3.63) is 70.5 Å². The Morgan fingerprint density at radius 2 is 1.83 bits per heavy atom. The molecule has 0 radical (unpaired) electrons. The molecule has 0 fully saturated rings. The summed E-state index contributed by atoms with van der Waals surface area (Å²) in [6.45, 7) is 1.51. The molecule has 0 saturated heterocycles. The number of esters is 1. The third kappa shape index (κ3) is 3.16. The maximum atomic E-state index is 13.6. The van der Waals surface area contributed by atoms with Crippen LogP contribution in [0.25, 0.3) is 0 Å². The van der Waals surface area contributed by atoms with E-state index in [0.29, 0.717) is 5.56 Å². The van der Waals surface area contributed by atoms with Crippen LogP contribution < -0.4 is 0 Å². The first-order valence-corrected chi connectivity index (χ1v) is 7.68. The van der Waals surface area contributed by atoms with Crippen LogP contribution in [0.5, 0.6) is 0 Å². The molecule has 1 aliphatic rings. The number of aryl methyl sites for hydroxylation is 2. The van der Waals surface area contributed by atoms with Crippen molar-refractivity contribution in [1.29, 1.82) is 0 Å². The second-order valence-electron chi connectivity index (χ2n) is 5.73. The largest absolute Gasteiger partial charge is 0.451 e. The van der Waals surface area contributed by atoms with Crippen LogP contribution in [-0.4, -0.2) is 17.9 Å². The van der Waals surface area contributed by atoms with Gasteiger partial charge in [0.05, 0.1) is 5.56 Å². The Kier molecular flexibility index (Phi) is 4.24. The minimum absolute atomic E-state index is 0.166. The van der Waals surface area contributed by atoms with Gasteiger partial charge in [0, 0.05) is 5.56 Å². The number of benzene rings is 2. The molecular formula is C19H17FO3. The average Bonchev–Trinajstić information content (AvgIpc) is 3.01. The van der Waals surface area contributed by atoms with Crippen molar-refractivity contribution >= 4 is 11.8 Å². The summed E-state index contributed by atoms with van der Waals surface area (Å²) in [4.78, 5) is 24.4. The third-order valence-corrected chi connectivity index (χ3v) is 4.13. The van der Waals surface area contributed by atoms with E-state index in [1.165, 1.54) is 36.2 Å². The molecule has 0 heterocycles. The number of Topliss-reactive ketones (excluding diaryl/α,β-unsaturated/α-hetero) is 1. The topological polar surface area (TPSA) is 43.4 Å². The molecule has 0 spiro atoms. The number of hydrogen-bond donors (Lipinski definition) is 0. The summed E-state index contributed by atoms with van der Waals surface area (Å²) in [5.41, 5.74) is 2.82. The molecule has 2 aromatic rings. The van der Waals surface area contributed by atoms with Crippen LogP contribution in [0.1, 0.15) is 45.2 Å². The highest BCUT2D eigenvalue weighted by Crippen LogP contribution is 2.23. The van der Waals surface area contributed by atoms with Crippen LogP contribution in [0.3, 0.4) is 0 Å². The van der Waals surface area contributed by atoms with E-state index in [4.69, 9.17) is 4.74 Å². The van der Waals surface area contributed by atoms with Gasteiger partial charge in [0.15, 0.2) is 6.10 Å². The summed E-state index contributed by atoms with van der Waals surface area (Å²) in [7, 11) is 0. The summed E-state index contributed by atoms with van der Waals surface area (Å²) in [5, 5.41) is 0. The van der Waals surface area contributed by atoms with Gasteiger partial charge in [0.25, 0.3) is 0 Å². The Morgan fingerprint density at radius 1 is 1.09 bits per heavy atom. The predicted molar refractivity (Wildman–Crippen MR) is 84.1 cm³/mol. The van der Waals surface area contributed by atoms with E-state index in [9.17, 15) is 14.0 Å². The zero-order valence-corrected chi connectivity index (χ0v) is 12.8. The minimum Gasteiger partial charge on any atom is -0.451 e. The predicted octanol–water partition coefficient (Wildman–Crippen LogP) is 3.74. The Balaban J connectivity index is 1.73. The number of halogens is 1. The first kappa shape index (κ1) is 15.4. The molecule has 3 nitrogen and oxygen atoms in total. The first-order valence-electron chi connectivity index (χ1n) is 7.68. The lowest BCUT2D eigenvalue weighted by Crippen LogP contribution is -2.25. The molecule has 23 heavy (non-hydrogen) atoms. The van der Waals surface area contributed by atoms with Crippen molar-refractivity contribution in [1.82, 2.24) is 0 Å². The quantitative estimate of drug-likeness (QED) is 0.638. The number of hydrogen-bond acceptors (Lipinski definition) is 3.